The molecule has 0 fully saturated rings. The fourth-order valence-electron chi connectivity index (χ4n) is 1.47. The smallest absolute Gasteiger partial charge is 0.341 e. The van der Waals surface area contributed by atoms with Crippen molar-refractivity contribution in [1.29, 1.82) is 0 Å². The standard InChI is InChI=1S/C10H17N3O4/c1-6-7(9(16)17)8(13(3)12-6)11-10(2,4-14)5-15/h11,14-15H,4-5H2,1-3H3,(H,16,17). The van der Waals surface area contributed by atoms with Gasteiger partial charge in [0, 0.05) is 7.05 Å². The van der Waals surface area contributed by atoms with Crippen LogP contribution in [0, 0.1) is 6.92 Å². The number of anilines is 1. The summed E-state index contributed by atoms with van der Waals surface area (Å²) in [6.07, 6.45) is 0. The molecule has 0 aliphatic heterocycles. The molecule has 4 N–H and O–H groups in total. The number of carbonyl (C=O) groups is 1. The van der Waals surface area contributed by atoms with Crippen LogP contribution >= 0.6 is 0 Å². The first kappa shape index (κ1) is 13.5. The van der Waals surface area contributed by atoms with Crippen LogP contribution in [0.1, 0.15) is 23.0 Å². The first-order chi connectivity index (χ1) is 7.84. The van der Waals surface area contributed by atoms with Gasteiger partial charge in [-0.25, -0.2) is 4.79 Å². The van der Waals surface area contributed by atoms with Gasteiger partial charge in [0.25, 0.3) is 0 Å². The zero-order chi connectivity index (χ0) is 13.2. The third-order valence-electron chi connectivity index (χ3n) is 2.55. The van der Waals surface area contributed by atoms with E-state index >= 15 is 0 Å². The van der Waals surface area contributed by atoms with E-state index in [1.807, 2.05) is 0 Å². The van der Waals surface area contributed by atoms with Gasteiger partial charge >= 0.3 is 5.97 Å². The Kier molecular flexibility index (Phi) is 3.74. The van der Waals surface area contributed by atoms with Crippen molar-refractivity contribution in [1.82, 2.24) is 9.78 Å². The number of aliphatic hydroxyl groups excluding tert-OH is 2. The van der Waals surface area contributed by atoms with Gasteiger partial charge in [-0.15, -0.1) is 0 Å². The Bertz CT molecular complexity index is 423. The van der Waals surface area contributed by atoms with Crippen LogP contribution < -0.4 is 5.32 Å². The number of nitrogens with zero attached hydrogens (tertiary/aromatic N) is 2. The summed E-state index contributed by atoms with van der Waals surface area (Å²) in [6, 6.07) is 0. The largest absolute Gasteiger partial charge is 0.477 e. The molecule has 7 nitrogen and oxygen atoms in total. The Balaban J connectivity index is 3.18. The molecule has 0 aliphatic carbocycles. The van der Waals surface area contributed by atoms with Crippen molar-refractivity contribution in [2.24, 2.45) is 7.05 Å². The Morgan fingerprint density at radius 2 is 2.00 bits per heavy atom. The Morgan fingerprint density at radius 1 is 1.47 bits per heavy atom. The van der Waals surface area contributed by atoms with E-state index in [1.165, 1.54) is 4.68 Å². The third-order valence-corrected chi connectivity index (χ3v) is 2.55. The molecule has 1 heterocycles. The monoisotopic (exact) mass is 243 g/mol. The minimum atomic E-state index is -1.10. The molecule has 0 saturated heterocycles. The summed E-state index contributed by atoms with van der Waals surface area (Å²) in [7, 11) is 1.59. The third kappa shape index (κ3) is 2.56. The highest BCUT2D eigenvalue weighted by atomic mass is 16.4. The molecule has 1 rings (SSSR count). The van der Waals surface area contributed by atoms with E-state index in [0.29, 0.717) is 5.69 Å². The van der Waals surface area contributed by atoms with Gasteiger partial charge in [-0.05, 0) is 13.8 Å². The van der Waals surface area contributed by atoms with Crippen molar-refractivity contribution in [3.05, 3.63) is 11.3 Å². The van der Waals surface area contributed by atoms with Crippen molar-refractivity contribution in [2.75, 3.05) is 18.5 Å². The van der Waals surface area contributed by atoms with Crippen molar-refractivity contribution >= 4 is 11.8 Å². The average molecular weight is 243 g/mol. The van der Waals surface area contributed by atoms with E-state index in [2.05, 4.69) is 10.4 Å². The van der Waals surface area contributed by atoms with Crippen molar-refractivity contribution < 1.29 is 20.1 Å². The maximum atomic E-state index is 11.1. The van der Waals surface area contributed by atoms with E-state index in [1.54, 1.807) is 20.9 Å². The van der Waals surface area contributed by atoms with Gasteiger partial charge in [0.05, 0.1) is 24.4 Å². The predicted octanol–water partition coefficient (Wildman–Crippen LogP) is -0.418. The van der Waals surface area contributed by atoms with Gasteiger partial charge < -0.3 is 20.6 Å². The van der Waals surface area contributed by atoms with Crippen molar-refractivity contribution in [3.8, 4) is 0 Å². The number of aryl methyl sites for hydroxylation is 2. The van der Waals surface area contributed by atoms with Crippen LogP contribution in [0.25, 0.3) is 0 Å². The molecule has 96 valence electrons. The van der Waals surface area contributed by atoms with Crippen LogP contribution in [-0.2, 0) is 7.05 Å². The normalized spacial score (nSPS) is 11.6. The lowest BCUT2D eigenvalue weighted by molar-refractivity contribution is 0.0696. The number of carboxylic acid groups (broad SMARTS) is 1. The summed E-state index contributed by atoms with van der Waals surface area (Å²) in [4.78, 5) is 11.1. The summed E-state index contributed by atoms with van der Waals surface area (Å²) in [6.45, 7) is 2.52. The number of aromatic carboxylic acids is 1. The molecule has 1 aromatic heterocycles. The molecule has 0 spiro atoms. The highest BCUT2D eigenvalue weighted by molar-refractivity contribution is 5.94. The molecule has 0 aromatic carbocycles. The topological polar surface area (TPSA) is 108 Å². The molecule has 0 unspecified atom stereocenters. The molecule has 7 heteroatoms. The Morgan fingerprint density at radius 3 is 2.41 bits per heavy atom. The maximum absolute atomic E-state index is 11.1. The van der Waals surface area contributed by atoms with E-state index < -0.39 is 11.5 Å². The first-order valence-electron chi connectivity index (χ1n) is 5.11. The Labute approximate surface area is 98.7 Å². The number of aromatic nitrogens is 2. The lowest BCUT2D eigenvalue weighted by atomic mass is 10.1. The van der Waals surface area contributed by atoms with E-state index in [-0.39, 0.29) is 24.6 Å². The Hall–Kier alpha value is -1.60. The molecule has 0 amide bonds. The van der Waals surface area contributed by atoms with Crippen LogP contribution in [0.3, 0.4) is 0 Å². The zero-order valence-corrected chi connectivity index (χ0v) is 10.1. The zero-order valence-electron chi connectivity index (χ0n) is 10.1. The van der Waals surface area contributed by atoms with Crippen LogP contribution in [0.5, 0.6) is 0 Å². The van der Waals surface area contributed by atoms with Gasteiger partial charge in [0.1, 0.15) is 11.4 Å². The summed E-state index contributed by atoms with van der Waals surface area (Å²) in [5.41, 5.74) is -0.578. The van der Waals surface area contributed by atoms with Crippen LogP contribution in [0.2, 0.25) is 0 Å². The number of hydrogen-bond donors (Lipinski definition) is 4. The quantitative estimate of drug-likeness (QED) is 0.559. The molecule has 17 heavy (non-hydrogen) atoms. The van der Waals surface area contributed by atoms with Crippen molar-refractivity contribution in [2.45, 2.75) is 19.4 Å². The number of nitrogens with one attached hydrogen (secondary N) is 1. The first-order valence-corrected chi connectivity index (χ1v) is 5.11. The molecular weight excluding hydrogens is 226 g/mol. The van der Waals surface area contributed by atoms with E-state index in [4.69, 9.17) is 5.11 Å². The molecule has 0 radical (unpaired) electrons. The number of aliphatic hydroxyl groups is 2. The highest BCUT2D eigenvalue weighted by Gasteiger charge is 2.28. The van der Waals surface area contributed by atoms with Crippen molar-refractivity contribution in [3.63, 3.8) is 0 Å². The number of rotatable bonds is 5. The minimum Gasteiger partial charge on any atom is -0.477 e. The molecule has 0 aliphatic rings. The lowest BCUT2D eigenvalue weighted by Crippen LogP contribution is -2.43. The summed E-state index contributed by atoms with van der Waals surface area (Å²) >= 11 is 0. The van der Waals surface area contributed by atoms with Crippen LogP contribution in [-0.4, -0.2) is 49.8 Å². The minimum absolute atomic E-state index is 0.0422. The predicted molar refractivity (Wildman–Crippen MR) is 61.1 cm³/mol. The van der Waals surface area contributed by atoms with Crippen LogP contribution in [0.4, 0.5) is 5.82 Å². The summed E-state index contributed by atoms with van der Waals surface area (Å²) < 4.78 is 1.38. The fraction of sp³-hybridized carbons (Fsp3) is 0.600. The van der Waals surface area contributed by atoms with Crippen LogP contribution in [0.15, 0.2) is 0 Å². The summed E-state index contributed by atoms with van der Waals surface area (Å²) in [5, 5.41) is 34.2. The molecule has 0 atom stereocenters. The number of carboxylic acids is 1. The molecular formula is C10H17N3O4. The molecule has 0 bridgehead atoms. The van der Waals surface area contributed by atoms with Gasteiger partial charge in [-0.3, -0.25) is 4.68 Å². The van der Waals surface area contributed by atoms with E-state index in [9.17, 15) is 15.0 Å². The second-order valence-electron chi connectivity index (χ2n) is 4.24. The average Bonchev–Trinajstić information content (AvgIpc) is 2.53. The van der Waals surface area contributed by atoms with Gasteiger partial charge in [-0.2, -0.15) is 5.10 Å². The second kappa shape index (κ2) is 4.72. The SMILES string of the molecule is Cc1nn(C)c(NC(C)(CO)CO)c1C(=O)O. The molecule has 0 saturated carbocycles. The van der Waals surface area contributed by atoms with E-state index in [0.717, 1.165) is 0 Å². The fourth-order valence-corrected chi connectivity index (χ4v) is 1.47. The lowest BCUT2D eigenvalue weighted by Gasteiger charge is -2.27. The number of hydrogen-bond acceptors (Lipinski definition) is 5. The maximum Gasteiger partial charge on any atom is 0.341 e. The highest BCUT2D eigenvalue weighted by Crippen LogP contribution is 2.22. The second-order valence-corrected chi connectivity index (χ2v) is 4.24. The van der Waals surface area contributed by atoms with Gasteiger partial charge in [-0.1, -0.05) is 0 Å². The van der Waals surface area contributed by atoms with Gasteiger partial charge in [0.15, 0.2) is 0 Å². The van der Waals surface area contributed by atoms with Gasteiger partial charge in [0.2, 0.25) is 0 Å². The molecule has 1 aromatic rings. The summed E-state index contributed by atoms with van der Waals surface area (Å²) in [5.74, 6) is -0.836.